The molecular formula is C11H13NO. The highest BCUT2D eigenvalue weighted by Crippen LogP contribution is 2.03. The van der Waals surface area contributed by atoms with Crippen molar-refractivity contribution in [1.29, 1.82) is 0 Å². The number of ketones is 1. The average Bonchev–Trinajstić information content (AvgIpc) is 2.53. The van der Waals surface area contributed by atoms with E-state index in [1.807, 2.05) is 23.0 Å². The molecule has 0 atom stereocenters. The van der Waals surface area contributed by atoms with E-state index in [0.29, 0.717) is 0 Å². The SMILES string of the molecule is C#CCCCn1ccc(C(C)=O)c1. The predicted octanol–water partition coefficient (Wildman–Crippen LogP) is 2.10. The lowest BCUT2D eigenvalue weighted by atomic mass is 10.2. The summed E-state index contributed by atoms with van der Waals surface area (Å²) in [4.78, 5) is 10.9. The summed E-state index contributed by atoms with van der Waals surface area (Å²) in [7, 11) is 0. The van der Waals surface area contributed by atoms with Gasteiger partial charge in [-0.15, -0.1) is 12.3 Å². The van der Waals surface area contributed by atoms with E-state index in [0.717, 1.165) is 24.9 Å². The van der Waals surface area contributed by atoms with Crippen LogP contribution in [0.1, 0.15) is 30.1 Å². The summed E-state index contributed by atoms with van der Waals surface area (Å²) in [6, 6.07) is 1.83. The van der Waals surface area contributed by atoms with E-state index in [-0.39, 0.29) is 5.78 Å². The van der Waals surface area contributed by atoms with Crippen LogP contribution in [0.4, 0.5) is 0 Å². The van der Waals surface area contributed by atoms with Crippen LogP contribution in [0.25, 0.3) is 0 Å². The van der Waals surface area contributed by atoms with Crippen LogP contribution in [-0.2, 0) is 6.54 Å². The lowest BCUT2D eigenvalue weighted by Crippen LogP contribution is -1.94. The molecule has 0 aliphatic rings. The summed E-state index contributed by atoms with van der Waals surface area (Å²) >= 11 is 0. The van der Waals surface area contributed by atoms with Crippen LogP contribution in [-0.4, -0.2) is 10.4 Å². The first-order chi connectivity index (χ1) is 6.24. The molecule has 1 aromatic heterocycles. The molecule has 1 rings (SSSR count). The molecule has 1 heterocycles. The lowest BCUT2D eigenvalue weighted by Gasteiger charge is -1.98. The number of carbonyl (C=O) groups is 1. The molecule has 0 fully saturated rings. The molecular weight excluding hydrogens is 162 g/mol. The Morgan fingerprint density at radius 2 is 2.46 bits per heavy atom. The standard InChI is InChI=1S/C11H13NO/c1-3-4-5-7-12-8-6-11(9-12)10(2)13/h1,6,8-9H,4-5,7H2,2H3. The van der Waals surface area contributed by atoms with Gasteiger partial charge in [-0.05, 0) is 19.4 Å². The normalized spacial score (nSPS) is 9.54. The minimum absolute atomic E-state index is 0.107. The van der Waals surface area contributed by atoms with Crippen molar-refractivity contribution >= 4 is 5.78 Å². The van der Waals surface area contributed by atoms with Gasteiger partial charge in [0.15, 0.2) is 5.78 Å². The van der Waals surface area contributed by atoms with Gasteiger partial charge in [-0.25, -0.2) is 0 Å². The maximum Gasteiger partial charge on any atom is 0.161 e. The van der Waals surface area contributed by atoms with Crippen LogP contribution < -0.4 is 0 Å². The van der Waals surface area contributed by atoms with Gasteiger partial charge in [-0.3, -0.25) is 4.79 Å². The van der Waals surface area contributed by atoms with Gasteiger partial charge in [0, 0.05) is 30.9 Å². The fraction of sp³-hybridized carbons (Fsp3) is 0.364. The fourth-order valence-electron chi connectivity index (χ4n) is 1.15. The molecule has 0 spiro atoms. The fourth-order valence-corrected chi connectivity index (χ4v) is 1.15. The molecule has 1 aromatic rings. The molecule has 0 radical (unpaired) electrons. The molecule has 0 saturated carbocycles. The van der Waals surface area contributed by atoms with Gasteiger partial charge in [-0.2, -0.15) is 0 Å². The summed E-state index contributed by atoms with van der Waals surface area (Å²) in [5.74, 6) is 2.69. The molecule has 0 aromatic carbocycles. The van der Waals surface area contributed by atoms with Gasteiger partial charge in [-0.1, -0.05) is 0 Å². The molecule has 0 N–H and O–H groups in total. The van der Waals surface area contributed by atoms with E-state index in [2.05, 4.69) is 5.92 Å². The van der Waals surface area contributed by atoms with Crippen molar-refractivity contribution in [3.8, 4) is 12.3 Å². The van der Waals surface area contributed by atoms with E-state index < -0.39 is 0 Å². The molecule has 68 valence electrons. The Bertz CT molecular complexity index is 330. The van der Waals surface area contributed by atoms with Gasteiger partial charge in [0.1, 0.15) is 0 Å². The Morgan fingerprint density at radius 3 is 3.00 bits per heavy atom. The molecule has 2 nitrogen and oxygen atoms in total. The smallest absolute Gasteiger partial charge is 0.161 e. The van der Waals surface area contributed by atoms with Gasteiger partial charge in [0.25, 0.3) is 0 Å². The number of aryl methyl sites for hydroxylation is 1. The first-order valence-corrected chi connectivity index (χ1v) is 4.34. The molecule has 0 aliphatic heterocycles. The van der Waals surface area contributed by atoms with Crippen LogP contribution in [0.15, 0.2) is 18.5 Å². The number of aromatic nitrogens is 1. The van der Waals surface area contributed by atoms with Crippen LogP contribution in [0.2, 0.25) is 0 Å². The maximum atomic E-state index is 10.9. The number of nitrogens with zero attached hydrogens (tertiary/aromatic N) is 1. The zero-order chi connectivity index (χ0) is 9.68. The zero-order valence-corrected chi connectivity index (χ0v) is 7.79. The van der Waals surface area contributed by atoms with Gasteiger partial charge in [0.05, 0.1) is 0 Å². The number of carbonyl (C=O) groups excluding carboxylic acids is 1. The van der Waals surface area contributed by atoms with Crippen LogP contribution in [0, 0.1) is 12.3 Å². The quantitative estimate of drug-likeness (QED) is 0.390. The third-order valence-corrected chi connectivity index (χ3v) is 1.89. The van der Waals surface area contributed by atoms with Crippen molar-refractivity contribution in [2.24, 2.45) is 0 Å². The first-order valence-electron chi connectivity index (χ1n) is 4.34. The van der Waals surface area contributed by atoms with E-state index in [9.17, 15) is 4.79 Å². The molecule has 0 saturated heterocycles. The van der Waals surface area contributed by atoms with Crippen molar-refractivity contribution in [2.45, 2.75) is 26.3 Å². The number of rotatable bonds is 4. The highest BCUT2D eigenvalue weighted by Gasteiger charge is 2.00. The van der Waals surface area contributed by atoms with Gasteiger partial charge >= 0.3 is 0 Å². The second-order valence-electron chi connectivity index (χ2n) is 3.00. The zero-order valence-electron chi connectivity index (χ0n) is 7.79. The predicted molar refractivity (Wildman–Crippen MR) is 52.5 cm³/mol. The Labute approximate surface area is 78.6 Å². The van der Waals surface area contributed by atoms with E-state index >= 15 is 0 Å². The third-order valence-electron chi connectivity index (χ3n) is 1.89. The van der Waals surface area contributed by atoms with Crippen molar-refractivity contribution in [1.82, 2.24) is 4.57 Å². The molecule has 0 aliphatic carbocycles. The Kier molecular flexibility index (Phi) is 3.33. The van der Waals surface area contributed by atoms with Gasteiger partial charge in [0.2, 0.25) is 0 Å². The Morgan fingerprint density at radius 1 is 1.69 bits per heavy atom. The number of unbranched alkanes of at least 4 members (excludes halogenated alkanes) is 1. The Balaban J connectivity index is 2.50. The highest BCUT2D eigenvalue weighted by molar-refractivity contribution is 5.93. The number of hydrogen-bond acceptors (Lipinski definition) is 1. The van der Waals surface area contributed by atoms with E-state index in [1.54, 1.807) is 6.92 Å². The minimum atomic E-state index is 0.107. The van der Waals surface area contributed by atoms with E-state index in [1.165, 1.54) is 0 Å². The second kappa shape index (κ2) is 4.51. The topological polar surface area (TPSA) is 22.0 Å². The van der Waals surface area contributed by atoms with E-state index in [4.69, 9.17) is 6.42 Å². The number of Topliss-reactive ketones (excluding diaryl/α,β-unsaturated/α-hetero) is 1. The molecule has 0 bridgehead atoms. The van der Waals surface area contributed by atoms with Crippen LogP contribution in [0.3, 0.4) is 0 Å². The number of hydrogen-bond donors (Lipinski definition) is 0. The highest BCUT2D eigenvalue weighted by atomic mass is 16.1. The first kappa shape index (κ1) is 9.60. The van der Waals surface area contributed by atoms with Crippen LogP contribution >= 0.6 is 0 Å². The lowest BCUT2D eigenvalue weighted by molar-refractivity contribution is 0.101. The van der Waals surface area contributed by atoms with Crippen molar-refractivity contribution in [3.05, 3.63) is 24.0 Å². The molecule has 0 amide bonds. The monoisotopic (exact) mass is 175 g/mol. The summed E-state index contributed by atoms with van der Waals surface area (Å²) in [6.07, 6.45) is 10.6. The maximum absolute atomic E-state index is 10.9. The average molecular weight is 175 g/mol. The van der Waals surface area contributed by atoms with Crippen LogP contribution in [0.5, 0.6) is 0 Å². The Hall–Kier alpha value is -1.49. The summed E-state index contributed by atoms with van der Waals surface area (Å²) in [5.41, 5.74) is 0.765. The summed E-state index contributed by atoms with van der Waals surface area (Å²) in [6.45, 7) is 2.46. The minimum Gasteiger partial charge on any atom is -0.353 e. The van der Waals surface area contributed by atoms with Crippen molar-refractivity contribution < 1.29 is 4.79 Å². The largest absolute Gasteiger partial charge is 0.353 e. The molecule has 2 heteroatoms. The van der Waals surface area contributed by atoms with Crippen molar-refractivity contribution in [3.63, 3.8) is 0 Å². The molecule has 13 heavy (non-hydrogen) atoms. The van der Waals surface area contributed by atoms with Gasteiger partial charge < -0.3 is 4.57 Å². The van der Waals surface area contributed by atoms with Crippen molar-refractivity contribution in [2.75, 3.05) is 0 Å². The number of terminal acetylenes is 1. The third kappa shape index (κ3) is 2.79. The summed E-state index contributed by atoms with van der Waals surface area (Å²) in [5, 5.41) is 0. The molecule has 0 unspecified atom stereocenters. The second-order valence-corrected chi connectivity index (χ2v) is 3.00. The summed E-state index contributed by atoms with van der Waals surface area (Å²) < 4.78 is 1.99.